The van der Waals surface area contributed by atoms with Crippen LogP contribution >= 0.6 is 11.3 Å². The molecule has 0 spiro atoms. The first kappa shape index (κ1) is 17.6. The third-order valence-electron chi connectivity index (χ3n) is 4.51. The Morgan fingerprint density at radius 1 is 1.37 bits per heavy atom. The second-order valence-corrected chi connectivity index (χ2v) is 7.50. The molecule has 3 heterocycles. The van der Waals surface area contributed by atoms with Crippen molar-refractivity contribution in [2.45, 2.75) is 32.9 Å². The summed E-state index contributed by atoms with van der Waals surface area (Å²) in [5.41, 5.74) is 0.924. The highest BCUT2D eigenvalue weighted by atomic mass is 32.1. The number of anilines is 1. The molecule has 0 atom stereocenters. The van der Waals surface area contributed by atoms with Gasteiger partial charge < -0.3 is 10.3 Å². The summed E-state index contributed by atoms with van der Waals surface area (Å²) in [6, 6.07) is 4.69. The summed E-state index contributed by atoms with van der Waals surface area (Å²) in [5.74, 6) is -0.324. The first-order chi connectivity index (χ1) is 13.1. The maximum atomic E-state index is 12.6. The van der Waals surface area contributed by atoms with Crippen molar-refractivity contribution in [3.05, 3.63) is 55.2 Å². The molecule has 8 nitrogen and oxygen atoms in total. The molecule has 27 heavy (non-hydrogen) atoms. The fourth-order valence-corrected chi connectivity index (χ4v) is 4.14. The Kier molecular flexibility index (Phi) is 4.63. The smallest absolute Gasteiger partial charge is 0.311 e. The molecule has 2 aromatic heterocycles. The Balaban J connectivity index is 1.64. The third-order valence-corrected chi connectivity index (χ3v) is 5.53. The van der Waals surface area contributed by atoms with E-state index in [1.807, 2.05) is 6.92 Å². The molecule has 0 saturated heterocycles. The standard InChI is InChI=1S/C18H19N5O3S/c1-2-7-23-16(25)11-4-3-10(8-13(11)21-18(23)26)15(24)22-17-20-12-5-6-19-9-14(12)27-17/h3-4,8,19H,2,5-7,9H2,1H3,(H,21,26)(H,20,22,24). The van der Waals surface area contributed by atoms with Gasteiger partial charge in [-0.2, -0.15) is 0 Å². The lowest BCUT2D eigenvalue weighted by atomic mass is 10.1. The Labute approximate surface area is 158 Å². The van der Waals surface area contributed by atoms with E-state index in [2.05, 4.69) is 20.6 Å². The van der Waals surface area contributed by atoms with Gasteiger partial charge in [-0.3, -0.25) is 19.5 Å². The van der Waals surface area contributed by atoms with E-state index in [1.165, 1.54) is 22.0 Å². The van der Waals surface area contributed by atoms with E-state index in [4.69, 9.17) is 0 Å². The molecular formula is C18H19N5O3S. The van der Waals surface area contributed by atoms with E-state index in [0.29, 0.717) is 34.6 Å². The second-order valence-electron chi connectivity index (χ2n) is 6.42. The second kappa shape index (κ2) is 7.09. The zero-order chi connectivity index (χ0) is 19.0. The number of carbonyl (C=O) groups is 1. The molecule has 0 saturated carbocycles. The van der Waals surface area contributed by atoms with E-state index in [0.717, 1.165) is 30.1 Å². The molecular weight excluding hydrogens is 366 g/mol. The van der Waals surface area contributed by atoms with Gasteiger partial charge in [0.15, 0.2) is 5.13 Å². The maximum Gasteiger partial charge on any atom is 0.328 e. The number of aromatic amines is 1. The van der Waals surface area contributed by atoms with Gasteiger partial charge in [-0.25, -0.2) is 9.78 Å². The largest absolute Gasteiger partial charge is 0.328 e. The molecule has 0 bridgehead atoms. The lowest BCUT2D eigenvalue weighted by Crippen LogP contribution is -2.35. The number of rotatable bonds is 4. The Morgan fingerprint density at radius 3 is 3.00 bits per heavy atom. The van der Waals surface area contributed by atoms with Gasteiger partial charge in [0.25, 0.3) is 11.5 Å². The zero-order valence-corrected chi connectivity index (χ0v) is 15.6. The SMILES string of the molecule is CCCn1c(=O)[nH]c2cc(C(=O)Nc3nc4c(s3)CNCC4)ccc2c1=O. The highest BCUT2D eigenvalue weighted by molar-refractivity contribution is 7.15. The van der Waals surface area contributed by atoms with Crippen molar-refractivity contribution in [1.29, 1.82) is 0 Å². The summed E-state index contributed by atoms with van der Waals surface area (Å²) in [7, 11) is 0. The van der Waals surface area contributed by atoms with Gasteiger partial charge in [-0.1, -0.05) is 6.92 Å². The van der Waals surface area contributed by atoms with E-state index >= 15 is 0 Å². The van der Waals surface area contributed by atoms with Crippen molar-refractivity contribution >= 4 is 33.3 Å². The van der Waals surface area contributed by atoms with Gasteiger partial charge in [-0.05, 0) is 24.6 Å². The number of nitrogens with one attached hydrogen (secondary N) is 3. The summed E-state index contributed by atoms with van der Waals surface area (Å²) < 4.78 is 1.18. The average molecular weight is 385 g/mol. The van der Waals surface area contributed by atoms with Crippen LogP contribution in [0.2, 0.25) is 0 Å². The Bertz CT molecular complexity index is 1120. The molecule has 1 aliphatic rings. The molecule has 0 radical (unpaired) electrons. The van der Waals surface area contributed by atoms with Crippen molar-refractivity contribution < 1.29 is 4.79 Å². The van der Waals surface area contributed by atoms with E-state index in [1.54, 1.807) is 12.1 Å². The summed E-state index contributed by atoms with van der Waals surface area (Å²) in [6.45, 7) is 3.91. The maximum absolute atomic E-state index is 12.6. The van der Waals surface area contributed by atoms with Crippen LogP contribution in [0.25, 0.3) is 10.9 Å². The number of H-pyrrole nitrogens is 1. The fraction of sp³-hybridized carbons (Fsp3) is 0.333. The summed E-state index contributed by atoms with van der Waals surface area (Å²) in [6.07, 6.45) is 1.53. The molecule has 140 valence electrons. The Hall–Kier alpha value is -2.78. The molecule has 0 fully saturated rings. The summed E-state index contributed by atoms with van der Waals surface area (Å²) in [4.78, 5) is 45.4. The zero-order valence-electron chi connectivity index (χ0n) is 14.8. The lowest BCUT2D eigenvalue weighted by Gasteiger charge is -2.09. The minimum Gasteiger partial charge on any atom is -0.311 e. The van der Waals surface area contributed by atoms with Crippen molar-refractivity contribution in [1.82, 2.24) is 19.9 Å². The van der Waals surface area contributed by atoms with Crippen LogP contribution in [0, 0.1) is 0 Å². The van der Waals surface area contributed by atoms with Gasteiger partial charge in [0, 0.05) is 36.5 Å². The van der Waals surface area contributed by atoms with Crippen LogP contribution in [0.15, 0.2) is 27.8 Å². The van der Waals surface area contributed by atoms with Crippen LogP contribution < -0.4 is 21.9 Å². The fourth-order valence-electron chi connectivity index (χ4n) is 3.17. The van der Waals surface area contributed by atoms with E-state index in [9.17, 15) is 14.4 Å². The molecule has 1 aliphatic heterocycles. The van der Waals surface area contributed by atoms with E-state index < -0.39 is 5.69 Å². The molecule has 0 unspecified atom stereocenters. The number of aromatic nitrogens is 3. The molecule has 0 aliphatic carbocycles. The minimum absolute atomic E-state index is 0.324. The van der Waals surface area contributed by atoms with Crippen LogP contribution in [-0.2, 0) is 19.5 Å². The average Bonchev–Trinajstić information content (AvgIpc) is 3.07. The molecule has 1 aromatic carbocycles. The van der Waals surface area contributed by atoms with Crippen molar-refractivity contribution in [2.24, 2.45) is 0 Å². The van der Waals surface area contributed by atoms with Gasteiger partial charge >= 0.3 is 5.69 Å². The molecule has 4 rings (SSSR count). The monoisotopic (exact) mass is 385 g/mol. The van der Waals surface area contributed by atoms with Crippen molar-refractivity contribution in [2.75, 3.05) is 11.9 Å². The Morgan fingerprint density at radius 2 is 2.22 bits per heavy atom. The number of nitrogens with zero attached hydrogens (tertiary/aromatic N) is 2. The number of hydrogen-bond donors (Lipinski definition) is 3. The summed E-state index contributed by atoms with van der Waals surface area (Å²) in [5, 5.41) is 7.02. The van der Waals surface area contributed by atoms with Gasteiger partial charge in [0.1, 0.15) is 0 Å². The van der Waals surface area contributed by atoms with Gasteiger partial charge in [0.2, 0.25) is 0 Å². The number of benzene rings is 1. The predicted molar refractivity (Wildman–Crippen MR) is 105 cm³/mol. The molecule has 3 aromatic rings. The van der Waals surface area contributed by atoms with E-state index in [-0.39, 0.29) is 11.5 Å². The third kappa shape index (κ3) is 3.31. The predicted octanol–water partition coefficient (Wildman–Crippen LogP) is 1.45. The lowest BCUT2D eigenvalue weighted by molar-refractivity contribution is 0.102. The van der Waals surface area contributed by atoms with Crippen LogP contribution in [0.3, 0.4) is 0 Å². The quantitative estimate of drug-likeness (QED) is 0.630. The normalized spacial score (nSPS) is 13.5. The number of fused-ring (bicyclic) bond motifs is 2. The van der Waals surface area contributed by atoms with Crippen LogP contribution in [0.4, 0.5) is 5.13 Å². The van der Waals surface area contributed by atoms with Crippen LogP contribution in [0.5, 0.6) is 0 Å². The highest BCUT2D eigenvalue weighted by Gasteiger charge is 2.17. The minimum atomic E-state index is -0.466. The van der Waals surface area contributed by atoms with Crippen LogP contribution in [-0.4, -0.2) is 27.0 Å². The first-order valence-electron chi connectivity index (χ1n) is 8.84. The number of carbonyl (C=O) groups excluding carboxylic acids is 1. The number of amides is 1. The first-order valence-corrected chi connectivity index (χ1v) is 9.66. The van der Waals surface area contributed by atoms with Crippen LogP contribution in [0.1, 0.15) is 34.3 Å². The number of hydrogen-bond acceptors (Lipinski definition) is 6. The highest BCUT2D eigenvalue weighted by Crippen LogP contribution is 2.25. The van der Waals surface area contributed by atoms with Gasteiger partial charge in [-0.15, -0.1) is 11.3 Å². The topological polar surface area (TPSA) is 109 Å². The van der Waals surface area contributed by atoms with Crippen molar-refractivity contribution in [3.8, 4) is 0 Å². The molecule has 9 heteroatoms. The number of thiazole rings is 1. The molecule has 1 amide bonds. The molecule has 3 N–H and O–H groups in total. The van der Waals surface area contributed by atoms with Crippen molar-refractivity contribution in [3.63, 3.8) is 0 Å². The van der Waals surface area contributed by atoms with Gasteiger partial charge in [0.05, 0.1) is 16.6 Å². The summed E-state index contributed by atoms with van der Waals surface area (Å²) >= 11 is 1.46.